The number of aliphatic hydroxyl groups is 2. The van der Waals surface area contributed by atoms with E-state index in [0.717, 1.165) is 12.0 Å². The highest BCUT2D eigenvalue weighted by Crippen LogP contribution is 2.67. The molecule has 3 aromatic rings. The molecule has 12 nitrogen and oxygen atoms in total. The van der Waals surface area contributed by atoms with E-state index in [0.29, 0.717) is 54.6 Å². The van der Waals surface area contributed by atoms with Gasteiger partial charge in [0.1, 0.15) is 6.10 Å². The van der Waals surface area contributed by atoms with Crippen LogP contribution in [0.1, 0.15) is 38.3 Å². The minimum Gasteiger partial charge on any atom is -0.504 e. The molecule has 5 atom stereocenters. The summed E-state index contributed by atoms with van der Waals surface area (Å²) in [5.74, 6) is 0.875. The zero-order valence-corrected chi connectivity index (χ0v) is 22.6. The van der Waals surface area contributed by atoms with Crippen molar-refractivity contribution in [3.05, 3.63) is 30.1 Å². The maximum atomic E-state index is 12.6. The van der Waals surface area contributed by atoms with E-state index < -0.39 is 23.7 Å². The standard InChI is InChI=1S/C27H36N6O6/c1-14(2)8-10-39-26-31-23(29-9-7-15-5-6-18(38-4)17(34)11-15)19-24(32-26)33(13-30-19)20-16-12-27(16,25(37)28-3)22(36)21(20)35/h5-6,11,13-14,16,20-22,34-36H,7-10,12H2,1-4H3,(H,28,37)(H,29,31,32)/t16-,20-,21+,22+,27+/m1/s1. The van der Waals surface area contributed by atoms with Crippen LogP contribution >= 0.6 is 0 Å². The molecule has 1 aromatic carbocycles. The summed E-state index contributed by atoms with van der Waals surface area (Å²) in [6, 6.07) is 4.86. The number of aromatic hydroxyl groups is 1. The van der Waals surface area contributed by atoms with Crippen LogP contribution in [0, 0.1) is 17.3 Å². The molecular weight excluding hydrogens is 504 g/mol. The molecule has 2 fully saturated rings. The van der Waals surface area contributed by atoms with Crippen LogP contribution in [0.4, 0.5) is 5.82 Å². The second-order valence-electron chi connectivity index (χ2n) is 10.7. The second kappa shape index (κ2) is 10.5. The fraction of sp³-hybridized carbons (Fsp3) is 0.556. The summed E-state index contributed by atoms with van der Waals surface area (Å²) >= 11 is 0. The fourth-order valence-corrected chi connectivity index (χ4v) is 5.69. The van der Waals surface area contributed by atoms with E-state index in [4.69, 9.17) is 9.47 Å². The Morgan fingerprint density at radius 3 is 2.77 bits per heavy atom. The van der Waals surface area contributed by atoms with Gasteiger partial charge in [-0.2, -0.15) is 9.97 Å². The van der Waals surface area contributed by atoms with Gasteiger partial charge >= 0.3 is 6.01 Å². The second-order valence-corrected chi connectivity index (χ2v) is 10.7. The largest absolute Gasteiger partial charge is 0.504 e. The summed E-state index contributed by atoms with van der Waals surface area (Å²) in [7, 11) is 3.04. The number of carbonyl (C=O) groups is 1. The van der Waals surface area contributed by atoms with Gasteiger partial charge in [0.05, 0.1) is 37.6 Å². The predicted molar refractivity (Wildman–Crippen MR) is 143 cm³/mol. The highest BCUT2D eigenvalue weighted by atomic mass is 16.5. The van der Waals surface area contributed by atoms with Crippen LogP contribution in [0.3, 0.4) is 0 Å². The summed E-state index contributed by atoms with van der Waals surface area (Å²) in [4.78, 5) is 26.3. The molecule has 39 heavy (non-hydrogen) atoms. The predicted octanol–water partition coefficient (Wildman–Crippen LogP) is 1.65. The number of phenols is 1. The van der Waals surface area contributed by atoms with Crippen molar-refractivity contribution in [2.45, 2.75) is 51.4 Å². The molecule has 0 radical (unpaired) electrons. The van der Waals surface area contributed by atoms with Crippen LogP contribution in [0.25, 0.3) is 11.2 Å². The van der Waals surface area contributed by atoms with Gasteiger partial charge in [-0.25, -0.2) is 4.98 Å². The Balaban J connectivity index is 1.43. The molecule has 5 rings (SSSR count). The Morgan fingerprint density at radius 1 is 1.28 bits per heavy atom. The number of benzene rings is 1. The summed E-state index contributed by atoms with van der Waals surface area (Å²) in [5, 5.41) is 37.8. The summed E-state index contributed by atoms with van der Waals surface area (Å²) < 4.78 is 12.7. The van der Waals surface area contributed by atoms with Crippen LogP contribution in [-0.2, 0) is 11.2 Å². The van der Waals surface area contributed by atoms with Crippen molar-refractivity contribution in [1.29, 1.82) is 0 Å². The molecule has 2 aliphatic rings. The van der Waals surface area contributed by atoms with Gasteiger partial charge in [0.2, 0.25) is 5.91 Å². The number of ether oxygens (including phenoxy) is 2. The SMILES string of the molecule is CNC(=O)[C@@]12C[C@@H]1[C@@H](n1cnc3c(NCCc4ccc(OC)c(O)c4)nc(OCCC(C)C)nc31)[C@H](O)[C@@H]2O. The number of hydrogen-bond donors (Lipinski definition) is 5. The number of hydrogen-bond acceptors (Lipinski definition) is 10. The topological polar surface area (TPSA) is 164 Å². The summed E-state index contributed by atoms with van der Waals surface area (Å²) in [6.07, 6.45) is 1.12. The van der Waals surface area contributed by atoms with E-state index in [9.17, 15) is 20.1 Å². The molecule has 2 aliphatic carbocycles. The first-order valence-corrected chi connectivity index (χ1v) is 13.3. The molecular formula is C27H36N6O6. The van der Waals surface area contributed by atoms with Gasteiger partial charge < -0.3 is 40.0 Å². The van der Waals surface area contributed by atoms with Crippen LogP contribution in [-0.4, -0.2) is 80.3 Å². The number of nitrogens with one attached hydrogen (secondary N) is 2. The monoisotopic (exact) mass is 540 g/mol. The average molecular weight is 541 g/mol. The summed E-state index contributed by atoms with van der Waals surface area (Å²) in [6.45, 7) is 5.14. The van der Waals surface area contributed by atoms with E-state index in [-0.39, 0.29) is 23.6 Å². The molecule has 5 N–H and O–H groups in total. The van der Waals surface area contributed by atoms with Crippen molar-refractivity contribution < 1.29 is 29.6 Å². The van der Waals surface area contributed by atoms with E-state index >= 15 is 0 Å². The Kier molecular flexibility index (Phi) is 7.25. The van der Waals surface area contributed by atoms with Crippen LogP contribution in [0.2, 0.25) is 0 Å². The number of nitrogens with zero attached hydrogens (tertiary/aromatic N) is 4. The average Bonchev–Trinajstić information content (AvgIpc) is 3.45. The molecule has 12 heteroatoms. The Bertz CT molecular complexity index is 1360. The summed E-state index contributed by atoms with van der Waals surface area (Å²) in [5.41, 5.74) is 0.838. The van der Waals surface area contributed by atoms with E-state index in [1.807, 2.05) is 6.07 Å². The number of aliphatic hydroxyl groups excluding tert-OH is 2. The number of amides is 1. The maximum Gasteiger partial charge on any atom is 0.320 e. The van der Waals surface area contributed by atoms with Crippen molar-refractivity contribution in [2.75, 3.05) is 32.6 Å². The normalized spacial score (nSPS) is 25.5. The van der Waals surface area contributed by atoms with Gasteiger partial charge in [0, 0.05) is 19.5 Å². The first-order valence-electron chi connectivity index (χ1n) is 13.3. The van der Waals surface area contributed by atoms with Crippen LogP contribution < -0.4 is 20.1 Å². The maximum absolute atomic E-state index is 12.6. The van der Waals surface area contributed by atoms with Gasteiger partial charge in [0.25, 0.3) is 0 Å². The van der Waals surface area contributed by atoms with Gasteiger partial charge in [-0.1, -0.05) is 19.9 Å². The number of rotatable bonds is 11. The number of imidazole rings is 1. The molecule has 210 valence electrons. The first-order chi connectivity index (χ1) is 18.7. The van der Waals surface area contributed by atoms with Crippen LogP contribution in [0.5, 0.6) is 17.5 Å². The molecule has 1 amide bonds. The lowest BCUT2D eigenvalue weighted by atomic mass is 9.98. The Hall–Kier alpha value is -3.64. The minimum absolute atomic E-state index is 0.0734. The highest BCUT2D eigenvalue weighted by Gasteiger charge is 2.75. The number of fused-ring (bicyclic) bond motifs is 2. The lowest BCUT2D eigenvalue weighted by Gasteiger charge is -2.23. The van der Waals surface area contributed by atoms with E-state index in [1.165, 1.54) is 14.2 Å². The Morgan fingerprint density at radius 2 is 2.08 bits per heavy atom. The van der Waals surface area contributed by atoms with Crippen molar-refractivity contribution in [3.63, 3.8) is 0 Å². The van der Waals surface area contributed by atoms with Crippen molar-refractivity contribution in [1.82, 2.24) is 24.8 Å². The number of phenolic OH excluding ortho intramolecular Hbond substituents is 1. The first kappa shape index (κ1) is 26.9. The molecule has 0 bridgehead atoms. The zero-order chi connectivity index (χ0) is 27.9. The molecule has 0 unspecified atom stereocenters. The molecule has 2 heterocycles. The van der Waals surface area contributed by atoms with Crippen molar-refractivity contribution >= 4 is 22.9 Å². The number of aromatic nitrogens is 4. The number of methoxy groups -OCH3 is 1. The number of anilines is 1. The van der Waals surface area contributed by atoms with Gasteiger partial charge in [-0.15, -0.1) is 0 Å². The molecule has 0 saturated heterocycles. The molecule has 2 saturated carbocycles. The Labute approximate surface area is 226 Å². The third kappa shape index (κ3) is 4.71. The van der Waals surface area contributed by atoms with Gasteiger partial charge in [-0.05, 0) is 42.9 Å². The van der Waals surface area contributed by atoms with Crippen LogP contribution in [0.15, 0.2) is 24.5 Å². The zero-order valence-electron chi connectivity index (χ0n) is 22.6. The quantitative estimate of drug-likeness (QED) is 0.242. The lowest BCUT2D eigenvalue weighted by Crippen LogP contribution is -2.41. The third-order valence-corrected chi connectivity index (χ3v) is 7.92. The molecule has 0 spiro atoms. The smallest absolute Gasteiger partial charge is 0.320 e. The third-order valence-electron chi connectivity index (χ3n) is 7.92. The molecule has 0 aliphatic heterocycles. The van der Waals surface area contributed by atoms with Crippen molar-refractivity contribution in [2.24, 2.45) is 17.3 Å². The highest BCUT2D eigenvalue weighted by molar-refractivity contribution is 5.88. The van der Waals surface area contributed by atoms with Crippen molar-refractivity contribution in [3.8, 4) is 17.5 Å². The molecule has 2 aromatic heterocycles. The fourth-order valence-electron chi connectivity index (χ4n) is 5.69. The van der Waals surface area contributed by atoms with E-state index in [1.54, 1.807) is 23.0 Å². The minimum atomic E-state index is -1.19. The van der Waals surface area contributed by atoms with Gasteiger partial charge in [0.15, 0.2) is 28.5 Å². The van der Waals surface area contributed by atoms with E-state index in [2.05, 4.69) is 39.4 Å². The lowest BCUT2D eigenvalue weighted by molar-refractivity contribution is -0.132. The number of carbonyl (C=O) groups excluding carboxylic acids is 1. The van der Waals surface area contributed by atoms with Gasteiger partial charge in [-0.3, -0.25) is 4.79 Å².